The van der Waals surface area contributed by atoms with Crippen molar-refractivity contribution in [2.45, 2.75) is 50.0 Å². The Labute approximate surface area is 205 Å². The fraction of sp³-hybridized carbons (Fsp3) is 0.480. The van der Waals surface area contributed by atoms with E-state index in [2.05, 4.69) is 50.4 Å². The zero-order chi connectivity index (χ0) is 23.3. The van der Waals surface area contributed by atoms with Crippen LogP contribution in [0.3, 0.4) is 0 Å². The van der Waals surface area contributed by atoms with Crippen molar-refractivity contribution in [2.24, 2.45) is 5.92 Å². The number of anilines is 1. The summed E-state index contributed by atoms with van der Waals surface area (Å²) in [4.78, 5) is 15.5. The van der Waals surface area contributed by atoms with Crippen LogP contribution in [0.5, 0.6) is 0 Å². The number of nitrogens with zero attached hydrogens (tertiary/aromatic N) is 2. The van der Waals surface area contributed by atoms with Crippen molar-refractivity contribution in [3.8, 4) is 0 Å². The van der Waals surface area contributed by atoms with Gasteiger partial charge in [0.05, 0.1) is 4.90 Å². The Bertz CT molecular complexity index is 1030. The van der Waals surface area contributed by atoms with E-state index in [-0.39, 0.29) is 11.8 Å². The summed E-state index contributed by atoms with van der Waals surface area (Å²) in [5.41, 5.74) is 1.92. The first-order valence-electron chi connectivity index (χ1n) is 11.8. The standard InChI is InChI=1S/C25H32BrN3O3S/c26-22-7-5-20(6-8-22)19-28-17-13-21(14-18-28)25(30)27-23-9-11-24(12-10-23)33(31,32)29-15-3-1-2-4-16-29/h5-12,21H,1-4,13-19H2,(H,27,30). The number of nitrogens with one attached hydrogen (secondary N) is 1. The maximum absolute atomic E-state index is 12.9. The molecule has 2 heterocycles. The number of piperidine rings is 1. The van der Waals surface area contributed by atoms with Crippen molar-refractivity contribution in [3.05, 3.63) is 58.6 Å². The van der Waals surface area contributed by atoms with Crippen LogP contribution in [0.4, 0.5) is 5.69 Å². The van der Waals surface area contributed by atoms with E-state index in [0.29, 0.717) is 23.7 Å². The molecule has 2 fully saturated rings. The van der Waals surface area contributed by atoms with E-state index in [0.717, 1.165) is 62.6 Å². The molecule has 2 saturated heterocycles. The molecule has 178 valence electrons. The van der Waals surface area contributed by atoms with Crippen molar-refractivity contribution >= 4 is 37.5 Å². The van der Waals surface area contributed by atoms with Crippen LogP contribution in [-0.4, -0.2) is 49.7 Å². The van der Waals surface area contributed by atoms with Crippen molar-refractivity contribution in [1.29, 1.82) is 0 Å². The number of halogens is 1. The predicted molar refractivity (Wildman–Crippen MR) is 134 cm³/mol. The van der Waals surface area contributed by atoms with Crippen LogP contribution in [0.25, 0.3) is 0 Å². The van der Waals surface area contributed by atoms with Crippen LogP contribution in [0.15, 0.2) is 57.9 Å². The molecule has 2 aliphatic rings. The molecule has 0 atom stereocenters. The van der Waals surface area contributed by atoms with Crippen LogP contribution in [0, 0.1) is 5.92 Å². The Morgan fingerprint density at radius 2 is 1.48 bits per heavy atom. The molecule has 0 aliphatic carbocycles. The van der Waals surface area contributed by atoms with E-state index >= 15 is 0 Å². The molecule has 4 rings (SSSR count). The molecule has 1 amide bonds. The van der Waals surface area contributed by atoms with Gasteiger partial charge in [-0.1, -0.05) is 40.9 Å². The third kappa shape index (κ3) is 6.44. The second-order valence-corrected chi connectivity index (χ2v) is 11.9. The van der Waals surface area contributed by atoms with Crippen LogP contribution in [0.2, 0.25) is 0 Å². The number of benzene rings is 2. The molecule has 0 bridgehead atoms. The van der Waals surface area contributed by atoms with Crippen molar-refractivity contribution in [2.75, 3.05) is 31.5 Å². The summed E-state index contributed by atoms with van der Waals surface area (Å²) in [5.74, 6) is -0.00639. The van der Waals surface area contributed by atoms with Crippen LogP contribution in [0.1, 0.15) is 44.1 Å². The Hall–Kier alpha value is -1.74. The van der Waals surface area contributed by atoms with Gasteiger partial charge in [-0.15, -0.1) is 0 Å². The van der Waals surface area contributed by atoms with Gasteiger partial charge in [0.25, 0.3) is 0 Å². The number of sulfonamides is 1. The first kappa shape index (κ1) is 24.4. The Morgan fingerprint density at radius 3 is 2.09 bits per heavy atom. The highest BCUT2D eigenvalue weighted by Crippen LogP contribution is 2.24. The van der Waals surface area contributed by atoms with Crippen LogP contribution in [-0.2, 0) is 21.4 Å². The monoisotopic (exact) mass is 533 g/mol. The predicted octanol–water partition coefficient (Wildman–Crippen LogP) is 4.86. The van der Waals surface area contributed by atoms with Crippen molar-refractivity contribution in [3.63, 3.8) is 0 Å². The van der Waals surface area contributed by atoms with Gasteiger partial charge in [0.2, 0.25) is 15.9 Å². The van der Waals surface area contributed by atoms with Gasteiger partial charge in [0, 0.05) is 35.7 Å². The largest absolute Gasteiger partial charge is 0.326 e. The van der Waals surface area contributed by atoms with Gasteiger partial charge in [-0.05, 0) is 80.7 Å². The molecule has 33 heavy (non-hydrogen) atoms. The summed E-state index contributed by atoms with van der Waals surface area (Å²) in [6, 6.07) is 15.0. The van der Waals surface area contributed by atoms with E-state index in [1.165, 1.54) is 5.56 Å². The highest BCUT2D eigenvalue weighted by Gasteiger charge is 2.27. The first-order valence-corrected chi connectivity index (χ1v) is 14.0. The minimum absolute atomic E-state index is 0.0152. The van der Waals surface area contributed by atoms with E-state index in [9.17, 15) is 13.2 Å². The molecule has 0 spiro atoms. The summed E-state index contributed by atoms with van der Waals surface area (Å²) in [6.45, 7) is 3.85. The molecule has 2 aromatic rings. The molecule has 0 radical (unpaired) electrons. The fourth-order valence-corrected chi connectivity index (χ4v) is 6.37. The molecule has 0 saturated carbocycles. The quantitative estimate of drug-likeness (QED) is 0.575. The van der Waals surface area contributed by atoms with E-state index < -0.39 is 10.0 Å². The summed E-state index contributed by atoms with van der Waals surface area (Å²) in [6.07, 6.45) is 5.64. The Kier molecular flexibility index (Phi) is 8.22. The van der Waals surface area contributed by atoms with Gasteiger partial charge < -0.3 is 5.32 Å². The van der Waals surface area contributed by atoms with Gasteiger partial charge in [0.1, 0.15) is 0 Å². The summed E-state index contributed by atoms with van der Waals surface area (Å²) in [5, 5.41) is 2.98. The van der Waals surface area contributed by atoms with E-state index in [1.54, 1.807) is 28.6 Å². The van der Waals surface area contributed by atoms with E-state index in [1.807, 2.05) is 0 Å². The number of likely N-dealkylation sites (tertiary alicyclic amines) is 1. The highest BCUT2D eigenvalue weighted by atomic mass is 79.9. The van der Waals surface area contributed by atoms with E-state index in [4.69, 9.17) is 0 Å². The number of rotatable bonds is 6. The average Bonchev–Trinajstić information content (AvgIpc) is 3.12. The first-order chi connectivity index (χ1) is 15.9. The highest BCUT2D eigenvalue weighted by molar-refractivity contribution is 9.10. The maximum Gasteiger partial charge on any atom is 0.243 e. The van der Waals surface area contributed by atoms with Gasteiger partial charge >= 0.3 is 0 Å². The lowest BCUT2D eigenvalue weighted by Crippen LogP contribution is -2.37. The number of amides is 1. The SMILES string of the molecule is O=C(Nc1ccc(S(=O)(=O)N2CCCCCC2)cc1)C1CCN(Cc2ccc(Br)cc2)CC1. The van der Waals surface area contributed by atoms with Crippen LogP contribution < -0.4 is 5.32 Å². The molecule has 2 aromatic carbocycles. The Morgan fingerprint density at radius 1 is 0.879 bits per heavy atom. The molecular weight excluding hydrogens is 502 g/mol. The van der Waals surface area contributed by atoms with Gasteiger partial charge in [-0.25, -0.2) is 8.42 Å². The maximum atomic E-state index is 12.9. The van der Waals surface area contributed by atoms with Gasteiger partial charge in [-0.2, -0.15) is 4.31 Å². The van der Waals surface area contributed by atoms with Crippen LogP contribution >= 0.6 is 15.9 Å². The summed E-state index contributed by atoms with van der Waals surface area (Å²) >= 11 is 3.47. The summed E-state index contributed by atoms with van der Waals surface area (Å²) in [7, 11) is -3.47. The molecule has 0 unspecified atom stereocenters. The molecule has 0 aromatic heterocycles. The second kappa shape index (κ2) is 11.1. The number of hydrogen-bond donors (Lipinski definition) is 1. The van der Waals surface area contributed by atoms with Gasteiger partial charge in [-0.3, -0.25) is 9.69 Å². The topological polar surface area (TPSA) is 69.7 Å². The molecule has 1 N–H and O–H groups in total. The molecule has 2 aliphatic heterocycles. The lowest BCUT2D eigenvalue weighted by Gasteiger charge is -2.31. The zero-order valence-corrected chi connectivity index (χ0v) is 21.3. The van der Waals surface area contributed by atoms with Crippen molar-refractivity contribution in [1.82, 2.24) is 9.21 Å². The third-order valence-electron chi connectivity index (χ3n) is 6.60. The molecular formula is C25H32BrN3O3S. The smallest absolute Gasteiger partial charge is 0.243 e. The summed E-state index contributed by atoms with van der Waals surface area (Å²) < 4.78 is 28.5. The van der Waals surface area contributed by atoms with Gasteiger partial charge in [0.15, 0.2) is 0 Å². The average molecular weight is 535 g/mol. The number of carbonyl (C=O) groups is 1. The molecule has 8 heteroatoms. The lowest BCUT2D eigenvalue weighted by molar-refractivity contribution is -0.121. The normalized spacial score (nSPS) is 19.2. The third-order valence-corrected chi connectivity index (χ3v) is 9.04. The number of carbonyl (C=O) groups excluding carboxylic acids is 1. The second-order valence-electron chi connectivity index (χ2n) is 9.01. The lowest BCUT2D eigenvalue weighted by atomic mass is 9.95. The fourth-order valence-electron chi connectivity index (χ4n) is 4.59. The minimum atomic E-state index is -3.47. The number of hydrogen-bond acceptors (Lipinski definition) is 4. The Balaban J connectivity index is 1.28. The zero-order valence-electron chi connectivity index (χ0n) is 18.9. The van der Waals surface area contributed by atoms with Crippen molar-refractivity contribution < 1.29 is 13.2 Å². The minimum Gasteiger partial charge on any atom is -0.326 e. The molecule has 6 nitrogen and oxygen atoms in total.